The summed E-state index contributed by atoms with van der Waals surface area (Å²) in [6.45, 7) is 4.27. The Kier molecular flexibility index (Phi) is 2.76. The zero-order valence-electron chi connectivity index (χ0n) is 10.9. The smallest absolute Gasteiger partial charge is 0.0950 e. The highest BCUT2D eigenvalue weighted by atomic mass is 32.1. The molecule has 0 unspecified atom stereocenters. The summed E-state index contributed by atoms with van der Waals surface area (Å²) in [7, 11) is 0. The Morgan fingerprint density at radius 2 is 2.11 bits per heavy atom. The quantitative estimate of drug-likeness (QED) is 0.915. The van der Waals surface area contributed by atoms with Crippen LogP contribution in [-0.2, 0) is 6.42 Å². The lowest BCUT2D eigenvalue weighted by atomic mass is 10.0. The van der Waals surface area contributed by atoms with Crippen LogP contribution in [0.15, 0.2) is 23.6 Å². The van der Waals surface area contributed by atoms with Crippen molar-refractivity contribution < 1.29 is 0 Å². The molecule has 0 atom stereocenters. The average molecular weight is 258 g/mol. The van der Waals surface area contributed by atoms with E-state index >= 15 is 0 Å². The predicted molar refractivity (Wildman–Crippen MR) is 76.9 cm³/mol. The number of nitrogens with two attached hydrogens (primary N) is 1. The predicted octanol–water partition coefficient (Wildman–Crippen LogP) is 3.46. The number of hydrogen-bond acceptors (Lipinski definition) is 3. The van der Waals surface area contributed by atoms with Gasteiger partial charge in [0.25, 0.3) is 0 Å². The second kappa shape index (κ2) is 4.18. The summed E-state index contributed by atoms with van der Waals surface area (Å²) in [6, 6.07) is 6.52. The number of aryl methyl sites for hydroxylation is 2. The van der Waals surface area contributed by atoms with Crippen molar-refractivity contribution in [1.82, 2.24) is 4.98 Å². The molecule has 0 radical (unpaired) electrons. The van der Waals surface area contributed by atoms with Gasteiger partial charge in [0.05, 0.1) is 10.7 Å². The highest BCUT2D eigenvalue weighted by Crippen LogP contribution is 2.37. The summed E-state index contributed by atoms with van der Waals surface area (Å²) in [5.41, 5.74) is 11.1. The Bertz CT molecular complexity index is 582. The molecule has 1 aromatic heterocycles. The minimum Gasteiger partial charge on any atom is -0.325 e. The molecule has 0 spiro atoms. The maximum Gasteiger partial charge on any atom is 0.0950 e. The molecule has 94 valence electrons. The van der Waals surface area contributed by atoms with E-state index in [2.05, 4.69) is 37.4 Å². The Morgan fingerprint density at radius 3 is 2.78 bits per heavy atom. The lowest BCUT2D eigenvalue weighted by Gasteiger charge is -2.05. The molecule has 1 heterocycles. The lowest BCUT2D eigenvalue weighted by Crippen LogP contribution is -2.24. The number of thiazole rings is 1. The highest BCUT2D eigenvalue weighted by Gasteiger charge is 2.38. The second-order valence-corrected chi connectivity index (χ2v) is 6.43. The molecule has 1 aromatic carbocycles. The van der Waals surface area contributed by atoms with Crippen LogP contribution in [0.1, 0.15) is 29.0 Å². The van der Waals surface area contributed by atoms with Crippen LogP contribution in [0, 0.1) is 13.8 Å². The molecule has 3 rings (SSSR count). The van der Waals surface area contributed by atoms with Gasteiger partial charge in [-0.2, -0.15) is 0 Å². The first kappa shape index (κ1) is 11.9. The molecular weight excluding hydrogens is 240 g/mol. The van der Waals surface area contributed by atoms with Gasteiger partial charge < -0.3 is 5.73 Å². The van der Waals surface area contributed by atoms with Crippen molar-refractivity contribution in [3.05, 3.63) is 39.7 Å². The fraction of sp³-hybridized carbons (Fsp3) is 0.400. The molecular formula is C15H18N2S. The van der Waals surface area contributed by atoms with Crippen molar-refractivity contribution in [2.75, 3.05) is 0 Å². The number of benzene rings is 1. The van der Waals surface area contributed by atoms with Crippen LogP contribution in [0.3, 0.4) is 0 Å². The standard InChI is InChI=1S/C15H18N2S/c1-10-3-4-12(11(2)7-10)13-9-18-14(17-13)8-15(16)5-6-15/h3-4,7,9H,5-6,8,16H2,1-2H3. The van der Waals surface area contributed by atoms with Gasteiger partial charge in [-0.1, -0.05) is 23.8 Å². The Hall–Kier alpha value is -1.19. The van der Waals surface area contributed by atoms with Gasteiger partial charge in [-0.15, -0.1) is 11.3 Å². The van der Waals surface area contributed by atoms with E-state index in [4.69, 9.17) is 10.7 Å². The number of aromatic nitrogens is 1. The molecule has 1 aliphatic rings. The van der Waals surface area contributed by atoms with Gasteiger partial charge in [-0.05, 0) is 32.3 Å². The SMILES string of the molecule is Cc1ccc(-c2csc(CC3(N)CC3)n2)c(C)c1. The molecule has 0 bridgehead atoms. The maximum atomic E-state index is 6.14. The maximum absolute atomic E-state index is 6.14. The molecule has 1 fully saturated rings. The van der Waals surface area contributed by atoms with E-state index in [1.165, 1.54) is 21.7 Å². The fourth-order valence-electron chi connectivity index (χ4n) is 2.26. The van der Waals surface area contributed by atoms with Gasteiger partial charge >= 0.3 is 0 Å². The summed E-state index contributed by atoms with van der Waals surface area (Å²) in [5, 5.41) is 3.32. The second-order valence-electron chi connectivity index (χ2n) is 5.48. The first-order valence-corrected chi connectivity index (χ1v) is 7.25. The molecule has 0 saturated heterocycles. The van der Waals surface area contributed by atoms with Crippen molar-refractivity contribution in [2.45, 2.75) is 38.6 Å². The van der Waals surface area contributed by atoms with Crippen molar-refractivity contribution in [3.63, 3.8) is 0 Å². The van der Waals surface area contributed by atoms with Gasteiger partial charge in [0.1, 0.15) is 0 Å². The highest BCUT2D eigenvalue weighted by molar-refractivity contribution is 7.10. The average Bonchev–Trinajstić information content (AvgIpc) is 2.85. The van der Waals surface area contributed by atoms with Crippen LogP contribution in [-0.4, -0.2) is 10.5 Å². The zero-order chi connectivity index (χ0) is 12.8. The molecule has 0 amide bonds. The van der Waals surface area contributed by atoms with Crippen LogP contribution in [0.2, 0.25) is 0 Å². The molecule has 1 saturated carbocycles. The third-order valence-electron chi connectivity index (χ3n) is 3.61. The Balaban J connectivity index is 1.88. The number of rotatable bonds is 3. The Morgan fingerprint density at radius 1 is 1.33 bits per heavy atom. The van der Waals surface area contributed by atoms with E-state index in [1.807, 2.05) is 0 Å². The molecule has 1 aliphatic carbocycles. The molecule has 0 aliphatic heterocycles. The van der Waals surface area contributed by atoms with Gasteiger partial charge in [-0.25, -0.2) is 4.98 Å². The minimum absolute atomic E-state index is 0.0530. The number of hydrogen-bond donors (Lipinski definition) is 1. The summed E-state index contributed by atoms with van der Waals surface area (Å²) in [6.07, 6.45) is 3.22. The van der Waals surface area contributed by atoms with Crippen molar-refractivity contribution in [1.29, 1.82) is 0 Å². The molecule has 2 nitrogen and oxygen atoms in total. The molecule has 3 heteroatoms. The molecule has 2 aromatic rings. The van der Waals surface area contributed by atoms with Crippen LogP contribution in [0.25, 0.3) is 11.3 Å². The minimum atomic E-state index is 0.0530. The third-order valence-corrected chi connectivity index (χ3v) is 4.45. The van der Waals surface area contributed by atoms with Crippen molar-refractivity contribution in [3.8, 4) is 11.3 Å². The van der Waals surface area contributed by atoms with Gasteiger partial charge in [0.2, 0.25) is 0 Å². The monoisotopic (exact) mass is 258 g/mol. The van der Waals surface area contributed by atoms with Gasteiger partial charge in [0.15, 0.2) is 0 Å². The van der Waals surface area contributed by atoms with Crippen LogP contribution in [0.4, 0.5) is 0 Å². The topological polar surface area (TPSA) is 38.9 Å². The summed E-state index contributed by atoms with van der Waals surface area (Å²) >= 11 is 1.73. The Labute approximate surface area is 112 Å². The molecule has 18 heavy (non-hydrogen) atoms. The van der Waals surface area contributed by atoms with E-state index in [0.29, 0.717) is 0 Å². The van der Waals surface area contributed by atoms with E-state index in [0.717, 1.165) is 25.0 Å². The van der Waals surface area contributed by atoms with E-state index in [1.54, 1.807) is 11.3 Å². The first-order valence-electron chi connectivity index (χ1n) is 6.37. The van der Waals surface area contributed by atoms with E-state index in [9.17, 15) is 0 Å². The third kappa shape index (κ3) is 2.33. The summed E-state index contributed by atoms with van der Waals surface area (Å²) in [4.78, 5) is 4.73. The van der Waals surface area contributed by atoms with Crippen molar-refractivity contribution in [2.24, 2.45) is 5.73 Å². The zero-order valence-corrected chi connectivity index (χ0v) is 11.7. The van der Waals surface area contributed by atoms with Crippen LogP contribution >= 0.6 is 11.3 Å². The van der Waals surface area contributed by atoms with Crippen molar-refractivity contribution >= 4 is 11.3 Å². The van der Waals surface area contributed by atoms with E-state index < -0.39 is 0 Å². The largest absolute Gasteiger partial charge is 0.325 e. The fourth-order valence-corrected chi connectivity index (χ4v) is 3.20. The summed E-state index contributed by atoms with van der Waals surface area (Å²) in [5.74, 6) is 0. The molecule has 2 N–H and O–H groups in total. The van der Waals surface area contributed by atoms with Crippen LogP contribution in [0.5, 0.6) is 0 Å². The lowest BCUT2D eigenvalue weighted by molar-refractivity contribution is 0.669. The van der Waals surface area contributed by atoms with Gasteiger partial charge in [-0.3, -0.25) is 0 Å². The normalized spacial score (nSPS) is 16.8. The van der Waals surface area contributed by atoms with Crippen LogP contribution < -0.4 is 5.73 Å². The van der Waals surface area contributed by atoms with E-state index in [-0.39, 0.29) is 5.54 Å². The van der Waals surface area contributed by atoms with Gasteiger partial charge in [0, 0.05) is 22.9 Å². The summed E-state index contributed by atoms with van der Waals surface area (Å²) < 4.78 is 0. The number of nitrogens with zero attached hydrogens (tertiary/aromatic N) is 1. The first-order chi connectivity index (χ1) is 8.56.